The van der Waals surface area contributed by atoms with E-state index in [1.54, 1.807) is 29.1 Å². The van der Waals surface area contributed by atoms with Crippen molar-refractivity contribution in [2.45, 2.75) is 19.9 Å². The van der Waals surface area contributed by atoms with Crippen molar-refractivity contribution >= 4 is 11.5 Å². The normalized spacial score (nSPS) is 12.4. The van der Waals surface area contributed by atoms with Gasteiger partial charge in [-0.05, 0) is 60.7 Å². The smallest absolute Gasteiger partial charge is 0.200 e. The van der Waals surface area contributed by atoms with Crippen molar-refractivity contribution in [2.75, 3.05) is 5.32 Å². The van der Waals surface area contributed by atoms with Gasteiger partial charge in [0, 0.05) is 11.3 Å². The molecule has 0 aliphatic rings. The van der Waals surface area contributed by atoms with Gasteiger partial charge >= 0.3 is 0 Å². The van der Waals surface area contributed by atoms with E-state index in [4.69, 9.17) is 0 Å². The quantitative estimate of drug-likeness (QED) is 0.615. The van der Waals surface area contributed by atoms with Gasteiger partial charge < -0.3 is 5.32 Å². The van der Waals surface area contributed by atoms with Crippen molar-refractivity contribution in [3.63, 3.8) is 0 Å². The van der Waals surface area contributed by atoms with E-state index in [2.05, 4.69) is 31.0 Å². The molecule has 0 aliphatic carbocycles. The van der Waals surface area contributed by atoms with E-state index in [1.807, 2.05) is 19.9 Å². The molecule has 4 aromatic rings. The number of aromatic nitrogens is 7. The van der Waals surface area contributed by atoms with Gasteiger partial charge in [0.05, 0.1) is 17.9 Å². The molecule has 1 atom stereocenters. The summed E-state index contributed by atoms with van der Waals surface area (Å²) in [4.78, 5) is 0. The van der Waals surface area contributed by atoms with Crippen molar-refractivity contribution in [1.29, 1.82) is 0 Å². The van der Waals surface area contributed by atoms with E-state index in [0.717, 1.165) is 16.9 Å². The number of nitrogens with one attached hydrogen (secondary N) is 1. The monoisotopic (exact) mass is 338 g/mol. The molecule has 126 valence electrons. The molecule has 0 amide bonds. The van der Waals surface area contributed by atoms with Crippen LogP contribution >= 0.6 is 0 Å². The molecule has 0 saturated carbocycles. The molecule has 8 nitrogen and oxygen atoms in total. The lowest BCUT2D eigenvalue weighted by Gasteiger charge is -2.14. The minimum atomic E-state index is -0.270. The third-order valence-electron chi connectivity index (χ3n) is 4.02. The van der Waals surface area contributed by atoms with E-state index < -0.39 is 0 Å². The average Bonchev–Trinajstić information content (AvgIpc) is 3.21. The minimum Gasteiger partial charge on any atom is -0.362 e. The lowest BCUT2D eigenvalue weighted by Crippen LogP contribution is -2.11. The second-order valence-electron chi connectivity index (χ2n) is 5.68. The molecular weight excluding hydrogens is 323 g/mol. The molecule has 9 heteroatoms. The summed E-state index contributed by atoms with van der Waals surface area (Å²) in [6, 6.07) is 9.82. The molecular formula is C16H15FN8. The molecule has 0 radical (unpaired) electrons. The molecule has 0 spiro atoms. The van der Waals surface area contributed by atoms with Crippen LogP contribution in [0.1, 0.15) is 24.2 Å². The number of hydrogen-bond acceptors (Lipinski definition) is 6. The highest BCUT2D eigenvalue weighted by Gasteiger charge is 2.15. The maximum atomic E-state index is 13.1. The van der Waals surface area contributed by atoms with E-state index in [1.165, 1.54) is 16.8 Å². The summed E-state index contributed by atoms with van der Waals surface area (Å²) in [5.74, 6) is 0.383. The zero-order valence-corrected chi connectivity index (χ0v) is 13.6. The van der Waals surface area contributed by atoms with Gasteiger partial charge in [0.2, 0.25) is 0 Å². The number of fused-ring (bicyclic) bond motifs is 1. The Balaban J connectivity index is 1.59. The predicted octanol–water partition coefficient (Wildman–Crippen LogP) is 2.33. The third kappa shape index (κ3) is 2.80. The summed E-state index contributed by atoms with van der Waals surface area (Å²) in [6.07, 6.45) is 1.80. The molecule has 1 N–H and O–H groups in total. The van der Waals surface area contributed by atoms with Crippen LogP contribution in [0.2, 0.25) is 0 Å². The molecule has 25 heavy (non-hydrogen) atoms. The topological polar surface area (TPSA) is 85.8 Å². The largest absolute Gasteiger partial charge is 0.362 e. The van der Waals surface area contributed by atoms with Gasteiger partial charge in [0.1, 0.15) is 11.6 Å². The van der Waals surface area contributed by atoms with Crippen LogP contribution in [0.4, 0.5) is 10.2 Å². The van der Waals surface area contributed by atoms with Gasteiger partial charge in [-0.25, -0.2) is 9.07 Å². The summed E-state index contributed by atoms with van der Waals surface area (Å²) >= 11 is 0. The number of hydrogen-bond donors (Lipinski definition) is 1. The van der Waals surface area contributed by atoms with Crippen LogP contribution in [0.3, 0.4) is 0 Å². The van der Waals surface area contributed by atoms with Crippen molar-refractivity contribution in [3.05, 3.63) is 59.7 Å². The van der Waals surface area contributed by atoms with Crippen LogP contribution < -0.4 is 5.32 Å². The Kier molecular flexibility index (Phi) is 3.60. The van der Waals surface area contributed by atoms with Crippen LogP contribution in [-0.4, -0.2) is 35.0 Å². The van der Waals surface area contributed by atoms with E-state index in [9.17, 15) is 4.39 Å². The molecule has 3 aromatic heterocycles. The fourth-order valence-electron chi connectivity index (χ4n) is 2.72. The van der Waals surface area contributed by atoms with E-state index >= 15 is 0 Å². The van der Waals surface area contributed by atoms with Crippen molar-refractivity contribution in [3.8, 4) is 5.69 Å². The van der Waals surface area contributed by atoms with Gasteiger partial charge in [0.15, 0.2) is 5.65 Å². The highest BCUT2D eigenvalue weighted by atomic mass is 19.1. The van der Waals surface area contributed by atoms with Crippen LogP contribution in [0.25, 0.3) is 11.3 Å². The molecule has 0 saturated heterocycles. The molecule has 0 bridgehead atoms. The van der Waals surface area contributed by atoms with Gasteiger partial charge in [-0.2, -0.15) is 5.10 Å². The minimum absolute atomic E-state index is 0.0318. The first-order chi connectivity index (χ1) is 12.1. The standard InChI is InChI=1S/C16H15FN8/c1-10(19-15-7-8-16-20-22-23-25(16)21-15)14-9-18-24(11(14)2)13-5-3-12(17)4-6-13/h3-10H,1-2H3,(H,19,21). The Morgan fingerprint density at radius 3 is 2.72 bits per heavy atom. The third-order valence-corrected chi connectivity index (χ3v) is 4.02. The number of nitrogens with zero attached hydrogens (tertiary/aromatic N) is 7. The number of benzene rings is 1. The SMILES string of the molecule is Cc1c(C(C)Nc2ccc3nnnn3n2)cnn1-c1ccc(F)cc1. The molecule has 1 aromatic carbocycles. The Hall–Kier alpha value is -3.36. The molecule has 0 fully saturated rings. The Bertz CT molecular complexity index is 1020. The van der Waals surface area contributed by atoms with Crippen LogP contribution in [0, 0.1) is 12.7 Å². The Morgan fingerprint density at radius 2 is 1.92 bits per heavy atom. The summed E-state index contributed by atoms with van der Waals surface area (Å²) in [5.41, 5.74) is 3.38. The average molecular weight is 338 g/mol. The summed E-state index contributed by atoms with van der Waals surface area (Å²) in [5, 5.41) is 23.2. The zero-order chi connectivity index (χ0) is 17.4. The maximum absolute atomic E-state index is 13.1. The number of tetrazole rings is 1. The number of anilines is 1. The van der Waals surface area contributed by atoms with Crippen LogP contribution in [0.15, 0.2) is 42.6 Å². The second kappa shape index (κ2) is 5.93. The van der Waals surface area contributed by atoms with E-state index in [0.29, 0.717) is 11.5 Å². The van der Waals surface area contributed by atoms with Crippen LogP contribution in [-0.2, 0) is 0 Å². The zero-order valence-electron chi connectivity index (χ0n) is 13.6. The molecule has 4 rings (SSSR count). The highest BCUT2D eigenvalue weighted by molar-refractivity contribution is 5.44. The van der Waals surface area contributed by atoms with Crippen molar-refractivity contribution in [1.82, 2.24) is 35.0 Å². The first-order valence-corrected chi connectivity index (χ1v) is 7.74. The Labute approximate surface area is 142 Å². The lowest BCUT2D eigenvalue weighted by molar-refractivity contribution is 0.627. The van der Waals surface area contributed by atoms with Crippen molar-refractivity contribution < 1.29 is 4.39 Å². The van der Waals surface area contributed by atoms with Crippen LogP contribution in [0.5, 0.6) is 0 Å². The summed E-state index contributed by atoms with van der Waals surface area (Å²) in [6.45, 7) is 3.99. The first kappa shape index (κ1) is 15.2. The first-order valence-electron chi connectivity index (χ1n) is 7.74. The van der Waals surface area contributed by atoms with Gasteiger partial charge in [-0.1, -0.05) is 0 Å². The van der Waals surface area contributed by atoms with Gasteiger partial charge in [-0.15, -0.1) is 14.8 Å². The van der Waals surface area contributed by atoms with Gasteiger partial charge in [0.25, 0.3) is 0 Å². The van der Waals surface area contributed by atoms with E-state index in [-0.39, 0.29) is 11.9 Å². The van der Waals surface area contributed by atoms with Gasteiger partial charge in [-0.3, -0.25) is 0 Å². The molecule has 0 aliphatic heterocycles. The maximum Gasteiger partial charge on any atom is 0.200 e. The highest BCUT2D eigenvalue weighted by Crippen LogP contribution is 2.23. The fraction of sp³-hybridized carbons (Fsp3) is 0.188. The van der Waals surface area contributed by atoms with Crippen molar-refractivity contribution in [2.24, 2.45) is 0 Å². The fourth-order valence-corrected chi connectivity index (χ4v) is 2.72. The number of rotatable bonds is 4. The predicted molar refractivity (Wildman–Crippen MR) is 88.9 cm³/mol. The number of halogens is 1. The second-order valence-corrected chi connectivity index (χ2v) is 5.68. The molecule has 1 unspecified atom stereocenters. The molecule has 3 heterocycles. The Morgan fingerprint density at radius 1 is 1.12 bits per heavy atom. The summed E-state index contributed by atoms with van der Waals surface area (Å²) < 4.78 is 16.3. The summed E-state index contributed by atoms with van der Waals surface area (Å²) in [7, 11) is 0. The lowest BCUT2D eigenvalue weighted by atomic mass is 10.1.